The second kappa shape index (κ2) is 11.3. The summed E-state index contributed by atoms with van der Waals surface area (Å²) >= 11 is 3.59. The van der Waals surface area contributed by atoms with E-state index in [-0.39, 0.29) is 12.4 Å². The summed E-state index contributed by atoms with van der Waals surface area (Å²) in [6.07, 6.45) is 1.79. The molecule has 0 spiro atoms. The predicted molar refractivity (Wildman–Crippen MR) is 133 cm³/mol. The molecule has 3 aromatic carbocycles. The third-order valence-electron chi connectivity index (χ3n) is 5.28. The zero-order chi connectivity index (χ0) is 23.0. The van der Waals surface area contributed by atoms with Crippen molar-refractivity contribution in [2.75, 3.05) is 37.8 Å². The average Bonchev–Trinajstić information content (AvgIpc) is 2.85. The van der Waals surface area contributed by atoms with Crippen LogP contribution in [0.2, 0.25) is 0 Å². The van der Waals surface area contributed by atoms with Crippen molar-refractivity contribution in [1.82, 2.24) is 0 Å². The average molecular weight is 513 g/mol. The monoisotopic (exact) mass is 512 g/mol. The highest BCUT2D eigenvalue weighted by Crippen LogP contribution is 2.34. The predicted octanol–water partition coefficient (Wildman–Crippen LogP) is 6.15. The van der Waals surface area contributed by atoms with E-state index in [1.54, 1.807) is 24.4 Å². The summed E-state index contributed by atoms with van der Waals surface area (Å²) in [7, 11) is 0. The van der Waals surface area contributed by atoms with Crippen molar-refractivity contribution in [3.05, 3.63) is 82.1 Å². The van der Waals surface area contributed by atoms with E-state index in [2.05, 4.69) is 38.0 Å². The SMILES string of the molecule is CCOc1cc(C=Nc2ccc(N3CCOCC3)cc2)c(Br)cc1OCc1ccccc1F. The number of ether oxygens (including phenoxy) is 3. The number of aliphatic imine (C=N–C) groups is 1. The summed E-state index contributed by atoms with van der Waals surface area (Å²) in [5.41, 5.74) is 3.38. The van der Waals surface area contributed by atoms with Gasteiger partial charge in [-0.25, -0.2) is 4.39 Å². The molecule has 0 bridgehead atoms. The Bertz CT molecular complexity index is 1100. The maximum absolute atomic E-state index is 13.9. The minimum absolute atomic E-state index is 0.113. The van der Waals surface area contributed by atoms with E-state index in [4.69, 9.17) is 14.2 Å². The fourth-order valence-electron chi connectivity index (χ4n) is 3.52. The van der Waals surface area contributed by atoms with Gasteiger partial charge in [0.15, 0.2) is 11.5 Å². The summed E-state index contributed by atoms with van der Waals surface area (Å²) in [6.45, 7) is 5.83. The van der Waals surface area contributed by atoms with Crippen molar-refractivity contribution in [2.45, 2.75) is 13.5 Å². The molecular formula is C26H26BrFN2O3. The van der Waals surface area contributed by atoms with E-state index in [0.29, 0.717) is 23.7 Å². The van der Waals surface area contributed by atoms with Crippen LogP contribution in [0.3, 0.4) is 0 Å². The van der Waals surface area contributed by atoms with Crippen LogP contribution >= 0.6 is 15.9 Å². The minimum Gasteiger partial charge on any atom is -0.490 e. The lowest BCUT2D eigenvalue weighted by Gasteiger charge is -2.28. The van der Waals surface area contributed by atoms with Gasteiger partial charge in [-0.3, -0.25) is 4.99 Å². The molecule has 0 atom stereocenters. The zero-order valence-corrected chi connectivity index (χ0v) is 20.1. The van der Waals surface area contributed by atoms with E-state index in [1.807, 2.05) is 31.2 Å². The molecule has 7 heteroatoms. The van der Waals surface area contributed by atoms with Crippen LogP contribution in [0.4, 0.5) is 15.8 Å². The van der Waals surface area contributed by atoms with Gasteiger partial charge in [-0.2, -0.15) is 0 Å². The summed E-state index contributed by atoms with van der Waals surface area (Å²) in [4.78, 5) is 6.92. The number of hydrogen-bond acceptors (Lipinski definition) is 5. The third kappa shape index (κ3) is 6.12. The molecule has 1 heterocycles. The van der Waals surface area contributed by atoms with Crippen LogP contribution in [0.25, 0.3) is 0 Å². The second-order valence-corrected chi connectivity index (χ2v) is 8.36. The van der Waals surface area contributed by atoms with Crippen molar-refractivity contribution >= 4 is 33.5 Å². The van der Waals surface area contributed by atoms with E-state index in [1.165, 1.54) is 11.8 Å². The first-order valence-electron chi connectivity index (χ1n) is 10.9. The number of benzene rings is 3. The molecule has 1 aliphatic rings. The van der Waals surface area contributed by atoms with Gasteiger partial charge in [0.05, 0.1) is 25.5 Å². The molecule has 1 saturated heterocycles. The van der Waals surface area contributed by atoms with Crippen LogP contribution in [0.5, 0.6) is 11.5 Å². The van der Waals surface area contributed by atoms with Crippen molar-refractivity contribution in [1.29, 1.82) is 0 Å². The Morgan fingerprint density at radius 2 is 1.76 bits per heavy atom. The fourth-order valence-corrected chi connectivity index (χ4v) is 3.94. The number of halogens is 2. The largest absolute Gasteiger partial charge is 0.490 e. The number of nitrogens with zero attached hydrogens (tertiary/aromatic N) is 2. The normalized spacial score (nSPS) is 14.0. The molecule has 4 rings (SSSR count). The molecule has 172 valence electrons. The van der Waals surface area contributed by atoms with E-state index >= 15 is 0 Å². The summed E-state index contributed by atoms with van der Waals surface area (Å²) in [5, 5.41) is 0. The van der Waals surface area contributed by atoms with Crippen LogP contribution in [-0.4, -0.2) is 39.1 Å². The van der Waals surface area contributed by atoms with Gasteiger partial charge in [0, 0.05) is 40.6 Å². The molecule has 0 aliphatic carbocycles. The Morgan fingerprint density at radius 3 is 2.48 bits per heavy atom. The molecule has 0 aromatic heterocycles. The van der Waals surface area contributed by atoms with Crippen molar-refractivity contribution in [3.63, 3.8) is 0 Å². The Morgan fingerprint density at radius 1 is 1.03 bits per heavy atom. The lowest BCUT2D eigenvalue weighted by atomic mass is 10.2. The van der Waals surface area contributed by atoms with Crippen molar-refractivity contribution in [2.24, 2.45) is 4.99 Å². The Balaban J connectivity index is 1.48. The molecule has 33 heavy (non-hydrogen) atoms. The molecule has 0 amide bonds. The van der Waals surface area contributed by atoms with E-state index < -0.39 is 0 Å². The van der Waals surface area contributed by atoms with Crippen molar-refractivity contribution in [3.8, 4) is 11.5 Å². The Hall–Kier alpha value is -2.90. The van der Waals surface area contributed by atoms with Gasteiger partial charge in [-0.15, -0.1) is 0 Å². The minimum atomic E-state index is -0.294. The number of morpholine rings is 1. The van der Waals surface area contributed by atoms with E-state index in [9.17, 15) is 4.39 Å². The third-order valence-corrected chi connectivity index (χ3v) is 5.97. The molecule has 1 aliphatic heterocycles. The molecule has 0 unspecified atom stereocenters. The molecule has 1 fully saturated rings. The first-order valence-corrected chi connectivity index (χ1v) is 11.7. The summed E-state index contributed by atoms with van der Waals surface area (Å²) in [5.74, 6) is 0.832. The van der Waals surface area contributed by atoms with Crippen LogP contribution < -0.4 is 14.4 Å². The van der Waals surface area contributed by atoms with Gasteiger partial charge in [-0.1, -0.05) is 18.2 Å². The zero-order valence-electron chi connectivity index (χ0n) is 18.5. The molecule has 0 saturated carbocycles. The Labute approximate surface area is 201 Å². The smallest absolute Gasteiger partial charge is 0.162 e. The number of anilines is 1. The number of rotatable bonds is 8. The van der Waals surface area contributed by atoms with Crippen LogP contribution in [-0.2, 0) is 11.3 Å². The van der Waals surface area contributed by atoms with Gasteiger partial charge < -0.3 is 19.1 Å². The molecule has 0 N–H and O–H groups in total. The quantitative estimate of drug-likeness (QED) is 0.339. The summed E-state index contributed by atoms with van der Waals surface area (Å²) < 4.78 is 31.8. The van der Waals surface area contributed by atoms with Crippen LogP contribution in [0.15, 0.2) is 70.1 Å². The maximum atomic E-state index is 13.9. The van der Waals surface area contributed by atoms with Gasteiger partial charge in [-0.05, 0) is 65.3 Å². The molecule has 0 radical (unpaired) electrons. The standard InChI is InChI=1S/C26H26BrFN2O3/c1-2-32-25-15-20(23(27)16-26(25)33-18-19-5-3-4-6-24(19)28)17-29-21-7-9-22(10-8-21)30-11-13-31-14-12-30/h3-10,15-17H,2,11-14,18H2,1H3. The lowest BCUT2D eigenvalue weighted by molar-refractivity contribution is 0.122. The second-order valence-electron chi connectivity index (χ2n) is 7.51. The molecule has 3 aromatic rings. The Kier molecular flexibility index (Phi) is 7.96. The lowest BCUT2D eigenvalue weighted by Crippen LogP contribution is -2.36. The highest BCUT2D eigenvalue weighted by Gasteiger charge is 2.12. The van der Waals surface area contributed by atoms with Gasteiger partial charge >= 0.3 is 0 Å². The topological polar surface area (TPSA) is 43.3 Å². The van der Waals surface area contributed by atoms with Crippen molar-refractivity contribution < 1.29 is 18.6 Å². The first kappa shape index (κ1) is 23.3. The highest BCUT2D eigenvalue weighted by atomic mass is 79.9. The van der Waals surface area contributed by atoms with Gasteiger partial charge in [0.2, 0.25) is 0 Å². The van der Waals surface area contributed by atoms with Crippen LogP contribution in [0.1, 0.15) is 18.1 Å². The molecule has 5 nitrogen and oxygen atoms in total. The first-order chi connectivity index (χ1) is 16.1. The fraction of sp³-hybridized carbons (Fsp3) is 0.269. The number of hydrogen-bond donors (Lipinski definition) is 0. The molecular weight excluding hydrogens is 487 g/mol. The highest BCUT2D eigenvalue weighted by molar-refractivity contribution is 9.10. The maximum Gasteiger partial charge on any atom is 0.162 e. The summed E-state index contributed by atoms with van der Waals surface area (Å²) in [6, 6.07) is 18.4. The van der Waals surface area contributed by atoms with Crippen LogP contribution in [0, 0.1) is 5.82 Å². The van der Waals surface area contributed by atoms with Gasteiger partial charge in [0.1, 0.15) is 12.4 Å². The van der Waals surface area contributed by atoms with E-state index in [0.717, 1.165) is 42.0 Å². The van der Waals surface area contributed by atoms with Gasteiger partial charge in [0.25, 0.3) is 0 Å².